The molecule has 0 aromatic heterocycles. The van der Waals surface area contributed by atoms with E-state index in [2.05, 4.69) is 0 Å². The zero-order valence-electron chi connectivity index (χ0n) is 9.00. The van der Waals surface area contributed by atoms with Gasteiger partial charge in [-0.1, -0.05) is 12.1 Å². The molecule has 1 atom stereocenters. The summed E-state index contributed by atoms with van der Waals surface area (Å²) in [7, 11) is 0. The Morgan fingerprint density at radius 2 is 1.65 bits per heavy atom. The first-order valence-electron chi connectivity index (χ1n) is 4.98. The second-order valence-corrected chi connectivity index (χ2v) is 3.66. The first kappa shape index (κ1) is 13.6. The SMILES string of the molecule is Cl.NC[C@@H](O)CN1C(=O)c2ccccc2C1=O. The van der Waals surface area contributed by atoms with Gasteiger partial charge in [0, 0.05) is 6.54 Å². The molecule has 2 rings (SSSR count). The fraction of sp³-hybridized carbons (Fsp3) is 0.273. The van der Waals surface area contributed by atoms with E-state index in [1.54, 1.807) is 24.3 Å². The summed E-state index contributed by atoms with van der Waals surface area (Å²) in [6.45, 7) is -0.0315. The predicted molar refractivity (Wildman–Crippen MR) is 64.1 cm³/mol. The van der Waals surface area contributed by atoms with Crippen LogP contribution in [0.4, 0.5) is 0 Å². The average Bonchev–Trinajstić information content (AvgIpc) is 2.55. The predicted octanol–water partition coefficient (Wildman–Crippen LogP) is 0.0240. The number of rotatable bonds is 3. The van der Waals surface area contributed by atoms with Crippen LogP contribution in [0.5, 0.6) is 0 Å². The Kier molecular flexibility index (Phi) is 4.22. The zero-order valence-corrected chi connectivity index (χ0v) is 9.81. The molecule has 0 radical (unpaired) electrons. The number of amides is 2. The third kappa shape index (κ3) is 2.31. The van der Waals surface area contributed by atoms with Crippen molar-refractivity contribution in [1.29, 1.82) is 0 Å². The summed E-state index contributed by atoms with van der Waals surface area (Å²) >= 11 is 0. The molecule has 0 bridgehead atoms. The van der Waals surface area contributed by atoms with Gasteiger partial charge < -0.3 is 10.8 Å². The smallest absolute Gasteiger partial charge is 0.261 e. The van der Waals surface area contributed by atoms with Crippen molar-refractivity contribution in [2.45, 2.75) is 6.10 Å². The standard InChI is InChI=1S/C11H12N2O3.ClH/c12-5-7(14)6-13-10(15)8-3-1-2-4-9(8)11(13)16;/h1-4,7,14H,5-6,12H2;1H/t7-;/m1./s1. The van der Waals surface area contributed by atoms with Crippen LogP contribution in [0, 0.1) is 0 Å². The number of hydrogen-bond acceptors (Lipinski definition) is 4. The largest absolute Gasteiger partial charge is 0.390 e. The number of aliphatic hydroxyl groups excluding tert-OH is 1. The highest BCUT2D eigenvalue weighted by Gasteiger charge is 2.35. The second-order valence-electron chi connectivity index (χ2n) is 3.66. The van der Waals surface area contributed by atoms with Crippen LogP contribution in [0.15, 0.2) is 24.3 Å². The highest BCUT2D eigenvalue weighted by molar-refractivity contribution is 6.21. The highest BCUT2D eigenvalue weighted by Crippen LogP contribution is 2.22. The van der Waals surface area contributed by atoms with Gasteiger partial charge in [0.25, 0.3) is 11.8 Å². The summed E-state index contributed by atoms with van der Waals surface area (Å²) < 4.78 is 0. The van der Waals surface area contributed by atoms with Crippen molar-refractivity contribution >= 4 is 24.2 Å². The van der Waals surface area contributed by atoms with E-state index in [0.717, 1.165) is 4.90 Å². The summed E-state index contributed by atoms with van der Waals surface area (Å²) in [5.74, 6) is -0.735. The number of nitrogens with zero attached hydrogens (tertiary/aromatic N) is 1. The van der Waals surface area contributed by atoms with E-state index < -0.39 is 6.10 Å². The normalized spacial score (nSPS) is 15.5. The molecule has 0 saturated heterocycles. The zero-order chi connectivity index (χ0) is 11.7. The Morgan fingerprint density at radius 3 is 2.06 bits per heavy atom. The average molecular weight is 257 g/mol. The summed E-state index contributed by atoms with van der Waals surface area (Å²) in [5, 5.41) is 9.36. The van der Waals surface area contributed by atoms with E-state index in [4.69, 9.17) is 5.73 Å². The minimum absolute atomic E-state index is 0. The molecule has 0 spiro atoms. The quantitative estimate of drug-likeness (QED) is 0.747. The fourth-order valence-corrected chi connectivity index (χ4v) is 1.69. The Bertz CT molecular complexity index is 415. The lowest BCUT2D eigenvalue weighted by molar-refractivity contribution is 0.0554. The van der Waals surface area contributed by atoms with E-state index in [1.165, 1.54) is 0 Å². The van der Waals surface area contributed by atoms with E-state index in [1.807, 2.05) is 0 Å². The molecule has 1 aromatic carbocycles. The molecule has 0 saturated carbocycles. The van der Waals surface area contributed by atoms with Crippen LogP contribution in [0.1, 0.15) is 20.7 Å². The number of benzene rings is 1. The number of carbonyl (C=O) groups excluding carboxylic acids is 2. The van der Waals surface area contributed by atoms with Crippen LogP contribution >= 0.6 is 12.4 Å². The first-order chi connectivity index (χ1) is 7.65. The van der Waals surface area contributed by atoms with E-state index >= 15 is 0 Å². The van der Waals surface area contributed by atoms with Gasteiger partial charge in [-0.3, -0.25) is 14.5 Å². The van der Waals surface area contributed by atoms with Gasteiger partial charge in [-0.2, -0.15) is 0 Å². The van der Waals surface area contributed by atoms with Gasteiger partial charge in [-0.25, -0.2) is 0 Å². The van der Waals surface area contributed by atoms with E-state index in [0.29, 0.717) is 11.1 Å². The minimum atomic E-state index is -0.873. The highest BCUT2D eigenvalue weighted by atomic mass is 35.5. The molecular formula is C11H13ClN2O3. The van der Waals surface area contributed by atoms with E-state index in [9.17, 15) is 14.7 Å². The Hall–Kier alpha value is -1.43. The summed E-state index contributed by atoms with van der Waals surface area (Å²) in [6, 6.07) is 6.61. The molecule has 0 aliphatic carbocycles. The molecule has 0 fully saturated rings. The topological polar surface area (TPSA) is 83.6 Å². The number of hydrogen-bond donors (Lipinski definition) is 2. The molecule has 6 heteroatoms. The van der Waals surface area contributed by atoms with Crippen molar-refractivity contribution in [2.75, 3.05) is 13.1 Å². The molecule has 1 aliphatic rings. The molecule has 3 N–H and O–H groups in total. The molecule has 1 heterocycles. The van der Waals surface area contributed by atoms with Gasteiger partial charge in [-0.05, 0) is 12.1 Å². The van der Waals surface area contributed by atoms with Crippen molar-refractivity contribution in [3.05, 3.63) is 35.4 Å². The lowest BCUT2D eigenvalue weighted by Gasteiger charge is -2.16. The number of nitrogens with two attached hydrogens (primary N) is 1. The first-order valence-corrected chi connectivity index (χ1v) is 4.98. The lowest BCUT2D eigenvalue weighted by Crippen LogP contribution is -2.39. The van der Waals surface area contributed by atoms with Crippen LogP contribution in [0.25, 0.3) is 0 Å². The maximum atomic E-state index is 11.8. The summed E-state index contributed by atoms with van der Waals surface area (Å²) in [4.78, 5) is 24.7. The van der Waals surface area contributed by atoms with Gasteiger partial charge >= 0.3 is 0 Å². The molecule has 5 nitrogen and oxygen atoms in total. The van der Waals surface area contributed by atoms with Crippen LogP contribution in [-0.4, -0.2) is 41.0 Å². The number of halogens is 1. The third-order valence-corrected chi connectivity index (χ3v) is 2.54. The maximum absolute atomic E-state index is 11.8. The Labute approximate surface area is 105 Å². The molecule has 1 aromatic rings. The Balaban J connectivity index is 0.00000144. The number of aliphatic hydroxyl groups is 1. The summed E-state index contributed by atoms with van der Waals surface area (Å²) in [6.07, 6.45) is -0.873. The van der Waals surface area contributed by atoms with Crippen molar-refractivity contribution in [2.24, 2.45) is 5.73 Å². The van der Waals surface area contributed by atoms with E-state index in [-0.39, 0.29) is 37.3 Å². The lowest BCUT2D eigenvalue weighted by atomic mass is 10.1. The summed E-state index contributed by atoms with van der Waals surface area (Å²) in [5.41, 5.74) is 6.02. The number of imide groups is 1. The number of carbonyl (C=O) groups is 2. The van der Waals surface area contributed by atoms with Crippen molar-refractivity contribution in [1.82, 2.24) is 4.90 Å². The van der Waals surface area contributed by atoms with Gasteiger partial charge in [-0.15, -0.1) is 12.4 Å². The molecule has 92 valence electrons. The van der Waals surface area contributed by atoms with Gasteiger partial charge in [0.15, 0.2) is 0 Å². The van der Waals surface area contributed by atoms with Gasteiger partial charge in [0.1, 0.15) is 0 Å². The fourth-order valence-electron chi connectivity index (χ4n) is 1.69. The van der Waals surface area contributed by atoms with Crippen LogP contribution in [-0.2, 0) is 0 Å². The Morgan fingerprint density at radius 1 is 1.18 bits per heavy atom. The van der Waals surface area contributed by atoms with Crippen LogP contribution in [0.2, 0.25) is 0 Å². The maximum Gasteiger partial charge on any atom is 0.261 e. The minimum Gasteiger partial charge on any atom is -0.390 e. The molecular weight excluding hydrogens is 244 g/mol. The van der Waals surface area contributed by atoms with Crippen LogP contribution < -0.4 is 5.73 Å². The number of β-amino-alcohol motifs (C(OH)–C–C–N with tert-alkyl or cyclic N) is 1. The third-order valence-electron chi connectivity index (χ3n) is 2.54. The van der Waals surface area contributed by atoms with Crippen LogP contribution in [0.3, 0.4) is 0 Å². The van der Waals surface area contributed by atoms with Gasteiger partial charge in [0.05, 0.1) is 23.8 Å². The molecule has 1 aliphatic heterocycles. The molecule has 0 unspecified atom stereocenters. The molecule has 2 amide bonds. The monoisotopic (exact) mass is 256 g/mol. The van der Waals surface area contributed by atoms with Gasteiger partial charge in [0.2, 0.25) is 0 Å². The van der Waals surface area contributed by atoms with Crippen molar-refractivity contribution in [3.8, 4) is 0 Å². The van der Waals surface area contributed by atoms with Crippen molar-refractivity contribution in [3.63, 3.8) is 0 Å². The number of fused-ring (bicyclic) bond motifs is 1. The van der Waals surface area contributed by atoms with Crippen molar-refractivity contribution < 1.29 is 14.7 Å². The second kappa shape index (κ2) is 5.27. The molecule has 17 heavy (non-hydrogen) atoms.